The molecule has 3 amide bonds. The maximum atomic E-state index is 13.4. The van der Waals surface area contributed by atoms with Crippen molar-refractivity contribution in [3.05, 3.63) is 79.6 Å². The first-order valence-corrected chi connectivity index (χ1v) is 37.6. The summed E-state index contributed by atoms with van der Waals surface area (Å²) in [6.07, 6.45) is 25.3. The molecule has 0 unspecified atom stereocenters. The van der Waals surface area contributed by atoms with E-state index in [1.807, 2.05) is 30.9 Å². The number of carboxylic acids is 1. The van der Waals surface area contributed by atoms with Crippen LogP contribution in [0.4, 0.5) is 0 Å². The molecule has 2 aromatic rings. The molecule has 10 rings (SSSR count). The van der Waals surface area contributed by atoms with Crippen LogP contribution in [0.1, 0.15) is 209 Å². The zero-order chi connectivity index (χ0) is 66.9. The Kier molecular flexibility index (Phi) is 28.9. The van der Waals surface area contributed by atoms with Gasteiger partial charge in [-0.3, -0.25) is 24.4 Å². The smallest absolute Gasteiger partial charge is 0.335 e. The molecule has 2 saturated carbocycles. The number of benzene rings is 2. The van der Waals surface area contributed by atoms with Crippen molar-refractivity contribution in [2.75, 3.05) is 78.8 Å². The summed E-state index contributed by atoms with van der Waals surface area (Å²) < 4.78 is 66.7. The minimum atomic E-state index is -3.71. The molecule has 6 heterocycles. The fraction of sp³-hybridized carbons (Fsp3) is 0.686. The van der Waals surface area contributed by atoms with Gasteiger partial charge in [0.05, 0.1) is 44.2 Å². The Morgan fingerprint density at radius 1 is 0.574 bits per heavy atom. The number of amides is 3. The van der Waals surface area contributed by atoms with E-state index in [4.69, 9.17) is 29.7 Å². The number of sulfonamides is 2. The number of carbonyl (C=O) groups is 4. The van der Waals surface area contributed by atoms with Gasteiger partial charge in [-0.2, -0.15) is 8.61 Å². The third kappa shape index (κ3) is 20.1. The fourth-order valence-corrected chi connectivity index (χ4v) is 17.2. The van der Waals surface area contributed by atoms with Crippen LogP contribution in [0.25, 0.3) is 12.2 Å². The third-order valence-corrected chi connectivity index (χ3v) is 23.7. The second kappa shape index (κ2) is 35.5. The number of unbranched alkanes of at least 4 members (excludes halogenated alkanes) is 2. The van der Waals surface area contributed by atoms with E-state index in [1.54, 1.807) is 19.9 Å². The number of piperidine rings is 4. The largest absolute Gasteiger partial charge is 0.478 e. The van der Waals surface area contributed by atoms with Crippen LogP contribution in [-0.2, 0) is 39.1 Å². The maximum absolute atomic E-state index is 13.4. The van der Waals surface area contributed by atoms with Gasteiger partial charge in [0, 0.05) is 67.5 Å². The number of carbonyl (C=O) groups excluding carboxylic acids is 3. The Morgan fingerprint density at radius 2 is 0.947 bits per heavy atom. The highest BCUT2D eigenvalue weighted by Gasteiger charge is 2.50. The molecule has 24 heteroatoms. The Bertz CT molecular complexity index is 3190. The number of carboxylic acid groups (broad SMARTS) is 1. The number of aliphatic hydroxyl groups excluding tert-OH is 2. The van der Waals surface area contributed by atoms with E-state index in [0.717, 1.165) is 105 Å². The molecule has 0 bridgehead atoms. The molecule has 2 spiro atoms. The Hall–Kier alpha value is -4.95. The predicted molar refractivity (Wildman–Crippen MR) is 371 cm³/mol. The summed E-state index contributed by atoms with van der Waals surface area (Å²) in [5.74, 6) is 2.56. The summed E-state index contributed by atoms with van der Waals surface area (Å²) in [5.41, 5.74) is 3.58. The van der Waals surface area contributed by atoms with Crippen molar-refractivity contribution in [1.82, 2.24) is 29.5 Å². The molecule has 0 aromatic heterocycles. The van der Waals surface area contributed by atoms with Crippen molar-refractivity contribution in [3.8, 4) is 0 Å². The predicted octanol–water partition coefficient (Wildman–Crippen LogP) is 9.41. The number of hydrogen-bond donors (Lipinski definition) is 6. The molecule has 4 saturated heterocycles. The molecular weight excluding hydrogens is 1260 g/mol. The molecule has 6 N–H and O–H groups in total. The first-order valence-electron chi connectivity index (χ1n) is 34.6. The number of nitrogens with one attached hydrogen (secondary N) is 3. The zero-order valence-electron chi connectivity index (χ0n) is 56.5. The van der Waals surface area contributed by atoms with Crippen molar-refractivity contribution in [1.29, 1.82) is 0 Å². The van der Waals surface area contributed by atoms with Gasteiger partial charge in [0.25, 0.3) is 17.7 Å². The normalized spacial score (nSPS) is 23.9. The van der Waals surface area contributed by atoms with Crippen LogP contribution < -0.4 is 16.0 Å². The fourth-order valence-electron chi connectivity index (χ4n) is 14.8. The van der Waals surface area contributed by atoms with Crippen LogP contribution in [0.3, 0.4) is 0 Å². The highest BCUT2D eigenvalue weighted by Crippen LogP contribution is 2.40. The van der Waals surface area contributed by atoms with Gasteiger partial charge in [-0.25, -0.2) is 21.6 Å². The number of rotatable bonds is 22. The Morgan fingerprint density at radius 3 is 1.31 bits per heavy atom. The van der Waals surface area contributed by atoms with Crippen LogP contribution in [0, 0.1) is 51.4 Å². The van der Waals surface area contributed by atoms with Crippen molar-refractivity contribution >= 4 is 80.0 Å². The summed E-state index contributed by atoms with van der Waals surface area (Å²) in [5, 5.41) is 38.5. The number of aryl methyl sites for hydroxylation is 4. The minimum absolute atomic E-state index is 0. The lowest BCUT2D eigenvalue weighted by molar-refractivity contribution is -0.125. The molecule has 2 aliphatic carbocycles. The molecular formula is C70H107ClN8O13S2. The van der Waals surface area contributed by atoms with Gasteiger partial charge >= 0.3 is 5.97 Å². The van der Waals surface area contributed by atoms with E-state index in [9.17, 15) is 41.1 Å². The van der Waals surface area contributed by atoms with E-state index >= 15 is 0 Å². The number of aromatic carboxylic acids is 1. The lowest BCUT2D eigenvalue weighted by Gasteiger charge is -2.34. The topological polar surface area (TPSA) is 286 Å². The van der Waals surface area contributed by atoms with Gasteiger partial charge in [-0.1, -0.05) is 52.4 Å². The van der Waals surface area contributed by atoms with Crippen LogP contribution in [0.2, 0.25) is 0 Å². The van der Waals surface area contributed by atoms with Gasteiger partial charge in [-0.15, -0.1) is 12.4 Å². The summed E-state index contributed by atoms with van der Waals surface area (Å²) in [4.78, 5) is 62.3. The van der Waals surface area contributed by atoms with E-state index in [2.05, 4.69) is 29.8 Å². The van der Waals surface area contributed by atoms with Crippen LogP contribution in [0.15, 0.2) is 45.1 Å². The summed E-state index contributed by atoms with van der Waals surface area (Å²) in [7, 11) is -7.41. The number of hydrogen-bond acceptors (Lipinski definition) is 15. The second-order valence-electron chi connectivity index (χ2n) is 27.2. The minimum Gasteiger partial charge on any atom is -0.478 e. The monoisotopic (exact) mass is 1370 g/mol. The van der Waals surface area contributed by atoms with Gasteiger partial charge in [0.15, 0.2) is 0 Å². The van der Waals surface area contributed by atoms with Gasteiger partial charge in [0.2, 0.25) is 20.0 Å². The van der Waals surface area contributed by atoms with E-state index in [1.165, 1.54) is 102 Å². The SMILES string of the molecule is CCCCC1CCC(C2=NC3(CCN(S(=O)(=O)/C=C/c4c(C)cc(C(=O)N5CCC(OCCO)CC5)cc4C)CC3)C(=O)N2)CC1.CCCCC1CCC(C2=NC3(CCN(S(=O)(=O)/C=C/c4c(C)cc(C(=O)O)cc4C)CC3)C(=O)N2)CC1.Cl.OCCOC1CCNCC1. The lowest BCUT2D eigenvalue weighted by atomic mass is 9.79. The number of nitrogens with zero attached hydrogens (tertiary/aromatic N) is 5. The zero-order valence-corrected chi connectivity index (χ0v) is 59.0. The standard InChI is InChI=1S/C35H52N4O6S.C28H39N3O5S.C7H15NO2.ClH/c1-4-5-6-27-7-9-28(10-8-27)32-36-34(42)35(37-32)14-18-39(19-15-35)46(43,44)22-13-31-25(2)23-29(24-26(31)3)33(41)38-16-11-30(12-17-38)45-21-20-40;1-4-5-6-21-7-9-22(10-8-21)25-29-27(34)28(30-25)12-14-31(15-13-28)37(35,36)16-11-24-19(2)17-23(26(32)33)18-20(24)3;9-5-6-10-7-1-3-8-4-2-7;/h13,22-24,27-28,30,40H,4-12,14-21H2,1-3H3,(H,36,37,42);11,16-18,21-22H,4-10,12-15H2,1-3H3,(H,32,33)(H,29,30,34);7-9H,1-6H2;1H/b22-13+;16-11+;;. The van der Waals surface area contributed by atoms with Crippen molar-refractivity contribution in [2.45, 2.75) is 206 Å². The highest BCUT2D eigenvalue weighted by molar-refractivity contribution is 7.92. The summed E-state index contributed by atoms with van der Waals surface area (Å²) in [6, 6.07) is 6.73. The number of aliphatic hydroxyl groups is 2. The molecule has 0 atom stereocenters. The molecule has 0 radical (unpaired) electrons. The Balaban J connectivity index is 0.000000233. The van der Waals surface area contributed by atoms with Crippen LogP contribution in [-0.4, -0.2) is 183 Å². The Labute approximate surface area is 565 Å². The molecule has 21 nitrogen and oxygen atoms in total. The van der Waals surface area contributed by atoms with Crippen LogP contribution in [0.5, 0.6) is 0 Å². The number of ether oxygens (including phenoxy) is 2. The highest BCUT2D eigenvalue weighted by atomic mass is 35.5. The van der Waals surface area contributed by atoms with E-state index < -0.39 is 37.1 Å². The average Bonchev–Trinajstić information content (AvgIpc) is 1.57. The van der Waals surface area contributed by atoms with Crippen molar-refractivity contribution in [3.63, 3.8) is 0 Å². The number of halogens is 1. The molecule has 524 valence electrons. The van der Waals surface area contributed by atoms with E-state index in [0.29, 0.717) is 92.2 Å². The third-order valence-electron chi connectivity index (χ3n) is 20.6. The second-order valence-corrected chi connectivity index (χ2v) is 30.8. The van der Waals surface area contributed by atoms with Crippen molar-refractivity contribution in [2.24, 2.45) is 33.7 Å². The molecule has 6 aliphatic heterocycles. The lowest BCUT2D eigenvalue weighted by Crippen LogP contribution is -2.50. The van der Waals surface area contributed by atoms with Gasteiger partial charge < -0.3 is 45.6 Å². The number of amidine groups is 2. The first-order chi connectivity index (χ1) is 44.5. The maximum Gasteiger partial charge on any atom is 0.335 e. The van der Waals surface area contributed by atoms with Crippen LogP contribution >= 0.6 is 12.4 Å². The number of aliphatic imine (C=N–C) groups is 2. The van der Waals surface area contributed by atoms with Gasteiger partial charge in [-0.05, 0) is 225 Å². The first kappa shape index (κ1) is 76.4. The summed E-state index contributed by atoms with van der Waals surface area (Å²) in [6.45, 7) is 17.0. The summed E-state index contributed by atoms with van der Waals surface area (Å²) >= 11 is 0. The van der Waals surface area contributed by atoms with Gasteiger partial charge in [0.1, 0.15) is 22.7 Å². The quantitative estimate of drug-likeness (QED) is 0.0640. The van der Waals surface area contributed by atoms with Crippen molar-refractivity contribution < 1.29 is 60.8 Å². The van der Waals surface area contributed by atoms with E-state index in [-0.39, 0.29) is 81.2 Å². The molecule has 2 aromatic carbocycles. The molecule has 6 fully saturated rings. The molecule has 94 heavy (non-hydrogen) atoms. The number of likely N-dealkylation sites (tertiary alicyclic amines) is 1. The molecule has 8 aliphatic rings. The average molecular weight is 1370 g/mol.